The number of esters is 1. The minimum absolute atomic E-state index is 0.00753. The lowest BCUT2D eigenvalue weighted by molar-refractivity contribution is -0.142. The third-order valence-electron chi connectivity index (χ3n) is 5.81. The summed E-state index contributed by atoms with van der Waals surface area (Å²) in [6.45, 7) is -1.62. The Morgan fingerprint density at radius 3 is 2.55 bits per heavy atom. The van der Waals surface area contributed by atoms with E-state index in [9.17, 15) is 18.8 Å². The van der Waals surface area contributed by atoms with E-state index in [1.165, 1.54) is 13.2 Å². The summed E-state index contributed by atoms with van der Waals surface area (Å²) in [5, 5.41) is 9.95. The first-order valence-electron chi connectivity index (χ1n) is 9.92. The zero-order chi connectivity index (χ0) is 20.9. The van der Waals surface area contributed by atoms with Crippen molar-refractivity contribution >= 4 is 5.97 Å². The number of hydrogen-bond donors (Lipinski definition) is 0. The van der Waals surface area contributed by atoms with E-state index in [4.69, 9.17) is 9.47 Å². The summed E-state index contributed by atoms with van der Waals surface area (Å²) < 4.78 is 40.9. The number of rotatable bonds is 7. The molecule has 0 radical (unpaired) electrons. The van der Waals surface area contributed by atoms with Crippen molar-refractivity contribution in [2.45, 2.75) is 56.7 Å². The molecule has 158 valence electrons. The Morgan fingerprint density at radius 1 is 1.28 bits per heavy atom. The third kappa shape index (κ3) is 5.15. The second kappa shape index (κ2) is 9.40. The topological polar surface area (TPSA) is 71.8 Å². The molecule has 0 bridgehead atoms. The summed E-state index contributed by atoms with van der Waals surface area (Å²) in [4.78, 5) is 13.4. The molecule has 3 rings (SSSR count). The number of hydrogen-bond acceptors (Lipinski definition) is 6. The number of nitriles is 1. The number of benzene rings is 1. The van der Waals surface area contributed by atoms with Gasteiger partial charge in [0, 0.05) is 13.1 Å². The molecule has 1 saturated heterocycles. The van der Waals surface area contributed by atoms with Crippen LogP contribution in [0.15, 0.2) is 18.2 Å². The quantitative estimate of drug-likeness (QED) is 0.642. The zero-order valence-corrected chi connectivity index (χ0v) is 16.5. The number of likely N-dealkylation sites (tertiary alicyclic amines) is 1. The lowest BCUT2D eigenvalue weighted by Gasteiger charge is -2.37. The van der Waals surface area contributed by atoms with Crippen LogP contribution < -0.4 is 9.47 Å². The molecule has 0 unspecified atom stereocenters. The highest BCUT2D eigenvalue weighted by Gasteiger charge is 2.38. The lowest BCUT2D eigenvalue weighted by atomic mass is 9.74. The Balaban J connectivity index is 1.80. The molecule has 0 spiro atoms. The van der Waals surface area contributed by atoms with Crippen molar-refractivity contribution in [3.05, 3.63) is 23.8 Å². The van der Waals surface area contributed by atoms with Crippen LogP contribution in [-0.4, -0.2) is 50.3 Å². The van der Waals surface area contributed by atoms with Gasteiger partial charge in [-0.25, -0.2) is 0 Å². The fraction of sp³-hybridized carbons (Fsp3) is 0.619. The van der Waals surface area contributed by atoms with Gasteiger partial charge in [0.1, 0.15) is 0 Å². The number of nitrogens with zero attached hydrogens (tertiary/aromatic N) is 2. The molecule has 1 aromatic carbocycles. The van der Waals surface area contributed by atoms with Gasteiger partial charge in [-0.2, -0.15) is 14.0 Å². The van der Waals surface area contributed by atoms with Crippen LogP contribution in [0.1, 0.15) is 44.1 Å². The minimum atomic E-state index is -2.95. The first-order chi connectivity index (χ1) is 14.0. The first-order valence-corrected chi connectivity index (χ1v) is 9.92. The Kier molecular flexibility index (Phi) is 6.91. The predicted octanol–water partition coefficient (Wildman–Crippen LogP) is 3.64. The Bertz CT molecular complexity index is 752. The summed E-state index contributed by atoms with van der Waals surface area (Å²) in [7, 11) is 1.35. The summed E-state index contributed by atoms with van der Waals surface area (Å²) in [6, 6.07) is 7.22. The molecule has 0 N–H and O–H groups in total. The van der Waals surface area contributed by atoms with Gasteiger partial charge in [-0.05, 0) is 56.2 Å². The highest BCUT2D eigenvalue weighted by atomic mass is 19.3. The van der Waals surface area contributed by atoms with Crippen molar-refractivity contribution in [2.24, 2.45) is 0 Å². The van der Waals surface area contributed by atoms with E-state index in [-0.39, 0.29) is 30.1 Å². The maximum absolute atomic E-state index is 12.8. The van der Waals surface area contributed by atoms with E-state index >= 15 is 0 Å². The molecule has 2 fully saturated rings. The first kappa shape index (κ1) is 21.3. The van der Waals surface area contributed by atoms with E-state index in [0.717, 1.165) is 31.2 Å². The number of ether oxygens (including phenoxy) is 3. The van der Waals surface area contributed by atoms with Crippen molar-refractivity contribution in [1.82, 2.24) is 4.90 Å². The molecular formula is C21H26F2N2O4. The highest BCUT2D eigenvalue weighted by molar-refractivity contribution is 5.71. The molecule has 8 heteroatoms. The van der Waals surface area contributed by atoms with Crippen LogP contribution in [0.2, 0.25) is 0 Å². The Hall–Kier alpha value is -2.40. The molecule has 0 aromatic heterocycles. The Labute approximate surface area is 169 Å². The van der Waals surface area contributed by atoms with Crippen molar-refractivity contribution < 1.29 is 27.8 Å². The number of alkyl halides is 2. The fourth-order valence-corrected chi connectivity index (χ4v) is 4.08. The van der Waals surface area contributed by atoms with Crippen molar-refractivity contribution in [2.75, 3.05) is 26.7 Å². The SMILES string of the molecule is COC(=O)CN1CCC(C#N)(c2ccc(OC(F)F)c(OC3CCCC3)c2)CC1. The van der Waals surface area contributed by atoms with Gasteiger partial charge in [0.25, 0.3) is 0 Å². The normalized spacial score (nSPS) is 19.7. The van der Waals surface area contributed by atoms with Crippen molar-refractivity contribution in [1.29, 1.82) is 5.26 Å². The molecule has 1 aliphatic heterocycles. The van der Waals surface area contributed by atoms with E-state index in [0.29, 0.717) is 25.9 Å². The van der Waals surface area contributed by atoms with Crippen LogP contribution in [0.4, 0.5) is 8.78 Å². The number of carbonyl (C=O) groups is 1. The second-order valence-electron chi connectivity index (χ2n) is 7.61. The highest BCUT2D eigenvalue weighted by Crippen LogP contribution is 2.41. The number of piperidine rings is 1. The smallest absolute Gasteiger partial charge is 0.387 e. The van der Waals surface area contributed by atoms with Gasteiger partial charge in [0.15, 0.2) is 11.5 Å². The molecule has 1 heterocycles. The molecule has 29 heavy (non-hydrogen) atoms. The average molecular weight is 408 g/mol. The molecule has 2 aliphatic rings. The maximum atomic E-state index is 12.8. The molecule has 1 aliphatic carbocycles. The predicted molar refractivity (Wildman–Crippen MR) is 101 cm³/mol. The summed E-state index contributed by atoms with van der Waals surface area (Å²) in [6.07, 6.45) is 4.89. The molecule has 0 amide bonds. The fourth-order valence-electron chi connectivity index (χ4n) is 4.08. The lowest BCUT2D eigenvalue weighted by Crippen LogP contribution is -2.44. The number of halogens is 2. The van der Waals surface area contributed by atoms with Gasteiger partial charge in [-0.15, -0.1) is 0 Å². The van der Waals surface area contributed by atoms with Crippen LogP contribution >= 0.6 is 0 Å². The second-order valence-corrected chi connectivity index (χ2v) is 7.61. The molecule has 1 aromatic rings. The van der Waals surface area contributed by atoms with Crippen LogP contribution in [0.5, 0.6) is 11.5 Å². The summed E-state index contributed by atoms with van der Waals surface area (Å²) in [5.41, 5.74) is -0.0311. The van der Waals surface area contributed by atoms with Crippen LogP contribution in [0.3, 0.4) is 0 Å². The van der Waals surface area contributed by atoms with Gasteiger partial charge >= 0.3 is 12.6 Å². The summed E-state index contributed by atoms with van der Waals surface area (Å²) in [5.74, 6) is -0.0524. The van der Waals surface area contributed by atoms with Crippen LogP contribution in [-0.2, 0) is 14.9 Å². The van der Waals surface area contributed by atoms with Gasteiger partial charge in [-0.3, -0.25) is 9.69 Å². The molecule has 1 saturated carbocycles. The van der Waals surface area contributed by atoms with Gasteiger partial charge < -0.3 is 14.2 Å². The molecule has 6 nitrogen and oxygen atoms in total. The number of methoxy groups -OCH3 is 1. The number of carbonyl (C=O) groups excluding carboxylic acids is 1. The zero-order valence-electron chi connectivity index (χ0n) is 16.5. The molecule has 0 atom stereocenters. The summed E-state index contributed by atoms with van der Waals surface area (Å²) >= 11 is 0. The van der Waals surface area contributed by atoms with Crippen LogP contribution in [0, 0.1) is 11.3 Å². The van der Waals surface area contributed by atoms with E-state index < -0.39 is 12.0 Å². The van der Waals surface area contributed by atoms with Gasteiger partial charge in [-0.1, -0.05) is 6.07 Å². The largest absolute Gasteiger partial charge is 0.487 e. The van der Waals surface area contributed by atoms with Gasteiger partial charge in [0.2, 0.25) is 0 Å². The monoisotopic (exact) mass is 408 g/mol. The average Bonchev–Trinajstić information content (AvgIpc) is 3.23. The minimum Gasteiger partial charge on any atom is -0.487 e. The van der Waals surface area contributed by atoms with Gasteiger partial charge in [0.05, 0.1) is 31.2 Å². The maximum Gasteiger partial charge on any atom is 0.387 e. The molecular weight excluding hydrogens is 382 g/mol. The van der Waals surface area contributed by atoms with Crippen molar-refractivity contribution in [3.63, 3.8) is 0 Å². The van der Waals surface area contributed by atoms with E-state index in [2.05, 4.69) is 10.8 Å². The standard InChI is InChI=1S/C21H26F2N2O4/c1-27-19(26)13-25-10-8-21(14-24,9-11-25)15-6-7-17(29-20(22)23)18(12-15)28-16-4-2-3-5-16/h6-7,12,16,20H,2-5,8-11,13H2,1H3. The van der Waals surface area contributed by atoms with Crippen molar-refractivity contribution in [3.8, 4) is 17.6 Å². The van der Waals surface area contributed by atoms with Crippen LogP contribution in [0.25, 0.3) is 0 Å². The van der Waals surface area contributed by atoms with E-state index in [1.54, 1.807) is 12.1 Å². The Morgan fingerprint density at radius 2 is 1.97 bits per heavy atom. The third-order valence-corrected chi connectivity index (χ3v) is 5.81. The van der Waals surface area contributed by atoms with E-state index in [1.807, 2.05) is 4.90 Å².